The summed E-state index contributed by atoms with van der Waals surface area (Å²) >= 11 is 0. The molecular formula is C17H22N2O3. The van der Waals surface area contributed by atoms with Gasteiger partial charge in [0.25, 0.3) is 0 Å². The number of methoxy groups -OCH3 is 2. The number of oxime groups is 1. The van der Waals surface area contributed by atoms with E-state index in [9.17, 15) is 0 Å². The maximum atomic E-state index is 8.90. The molecule has 5 nitrogen and oxygen atoms in total. The van der Waals surface area contributed by atoms with Crippen molar-refractivity contribution in [2.45, 2.75) is 32.1 Å². The smallest absolute Gasteiger partial charge is 0.161 e. The highest BCUT2D eigenvalue weighted by Crippen LogP contribution is 2.36. The van der Waals surface area contributed by atoms with Gasteiger partial charge in [-0.1, -0.05) is 5.16 Å². The molecule has 1 aliphatic heterocycles. The Kier molecular flexibility index (Phi) is 4.32. The molecule has 1 N–H and O–H groups in total. The summed E-state index contributed by atoms with van der Waals surface area (Å²) in [5, 5.41) is 12.3. The Hall–Kier alpha value is -2.04. The predicted molar refractivity (Wildman–Crippen MR) is 85.8 cm³/mol. The van der Waals surface area contributed by atoms with Gasteiger partial charge in [-0.25, -0.2) is 0 Å². The van der Waals surface area contributed by atoms with Crippen LogP contribution >= 0.6 is 0 Å². The van der Waals surface area contributed by atoms with Crippen molar-refractivity contribution in [1.29, 1.82) is 0 Å². The van der Waals surface area contributed by atoms with E-state index in [-0.39, 0.29) is 0 Å². The number of benzene rings is 1. The molecule has 1 aromatic carbocycles. The monoisotopic (exact) mass is 302 g/mol. The third-order valence-electron chi connectivity index (χ3n) is 4.64. The second kappa shape index (κ2) is 6.38. The standard InChI is InChI=1S/C17H22N2O3/c1-21-15-9-12-7-8-18-17(14(12)10-16(15)22-2)11-3-5-13(19-20)6-4-11/h9-11,20H,3-8H2,1-2H3. The lowest BCUT2D eigenvalue weighted by Crippen LogP contribution is -2.26. The molecule has 1 saturated carbocycles. The summed E-state index contributed by atoms with van der Waals surface area (Å²) < 4.78 is 10.8. The Bertz CT molecular complexity index is 613. The highest BCUT2D eigenvalue weighted by molar-refractivity contribution is 6.05. The molecular weight excluding hydrogens is 280 g/mol. The number of rotatable bonds is 3. The zero-order valence-corrected chi connectivity index (χ0v) is 13.1. The van der Waals surface area contributed by atoms with Crippen LogP contribution in [0.2, 0.25) is 0 Å². The minimum atomic E-state index is 0.433. The number of hydrogen-bond acceptors (Lipinski definition) is 5. The fourth-order valence-corrected chi connectivity index (χ4v) is 3.42. The first kappa shape index (κ1) is 14.9. The maximum Gasteiger partial charge on any atom is 0.161 e. The average molecular weight is 302 g/mol. The number of fused-ring (bicyclic) bond motifs is 1. The van der Waals surface area contributed by atoms with E-state index in [1.165, 1.54) is 16.8 Å². The lowest BCUT2D eigenvalue weighted by Gasteiger charge is -2.28. The molecule has 0 bridgehead atoms. The summed E-state index contributed by atoms with van der Waals surface area (Å²) in [6, 6.07) is 4.13. The molecule has 1 fully saturated rings. The number of ether oxygens (including phenoxy) is 2. The van der Waals surface area contributed by atoms with Crippen molar-refractivity contribution in [2.24, 2.45) is 16.1 Å². The third kappa shape index (κ3) is 2.67. The van der Waals surface area contributed by atoms with E-state index in [0.717, 1.165) is 55.9 Å². The zero-order chi connectivity index (χ0) is 15.5. The Balaban J connectivity index is 1.91. The van der Waals surface area contributed by atoms with Crippen LogP contribution in [0.1, 0.15) is 36.8 Å². The molecule has 0 atom stereocenters. The van der Waals surface area contributed by atoms with Crippen LogP contribution in [-0.2, 0) is 6.42 Å². The highest BCUT2D eigenvalue weighted by atomic mass is 16.5. The molecule has 1 heterocycles. The van der Waals surface area contributed by atoms with Crippen LogP contribution in [-0.4, -0.2) is 37.4 Å². The van der Waals surface area contributed by atoms with Gasteiger partial charge in [0.2, 0.25) is 0 Å². The molecule has 0 aromatic heterocycles. The first-order valence-electron chi connectivity index (χ1n) is 7.76. The van der Waals surface area contributed by atoms with Crippen molar-refractivity contribution in [3.8, 4) is 11.5 Å². The topological polar surface area (TPSA) is 63.4 Å². The quantitative estimate of drug-likeness (QED) is 0.689. The maximum absolute atomic E-state index is 8.90. The van der Waals surface area contributed by atoms with Gasteiger partial charge in [0.1, 0.15) is 0 Å². The lowest BCUT2D eigenvalue weighted by molar-refractivity contribution is 0.313. The van der Waals surface area contributed by atoms with Gasteiger partial charge in [0.15, 0.2) is 11.5 Å². The van der Waals surface area contributed by atoms with E-state index in [0.29, 0.717) is 5.92 Å². The second-order valence-corrected chi connectivity index (χ2v) is 5.82. The molecule has 0 amide bonds. The van der Waals surface area contributed by atoms with Gasteiger partial charge >= 0.3 is 0 Å². The molecule has 3 rings (SSSR count). The SMILES string of the molecule is COc1cc2c(cc1OC)C(C1CCC(=NO)CC1)=NCC2. The molecule has 0 saturated heterocycles. The van der Waals surface area contributed by atoms with Gasteiger partial charge in [0, 0.05) is 23.7 Å². The average Bonchev–Trinajstić information content (AvgIpc) is 2.60. The van der Waals surface area contributed by atoms with Crippen LogP contribution < -0.4 is 9.47 Å². The van der Waals surface area contributed by atoms with Crippen molar-refractivity contribution >= 4 is 11.4 Å². The summed E-state index contributed by atoms with van der Waals surface area (Å²) in [5.74, 6) is 1.97. The fourth-order valence-electron chi connectivity index (χ4n) is 3.42. The van der Waals surface area contributed by atoms with Crippen LogP contribution in [0.25, 0.3) is 0 Å². The fraction of sp³-hybridized carbons (Fsp3) is 0.529. The number of nitrogens with zero attached hydrogens (tertiary/aromatic N) is 2. The summed E-state index contributed by atoms with van der Waals surface area (Å²) in [6.45, 7) is 0.829. The number of aliphatic imine (C=N–C) groups is 1. The Morgan fingerprint density at radius 1 is 1.09 bits per heavy atom. The van der Waals surface area contributed by atoms with Gasteiger partial charge < -0.3 is 14.7 Å². The molecule has 0 spiro atoms. The molecule has 22 heavy (non-hydrogen) atoms. The van der Waals surface area contributed by atoms with Crippen molar-refractivity contribution < 1.29 is 14.7 Å². The number of hydrogen-bond donors (Lipinski definition) is 1. The lowest BCUT2D eigenvalue weighted by atomic mass is 9.80. The van der Waals surface area contributed by atoms with Crippen LogP contribution in [0.3, 0.4) is 0 Å². The third-order valence-corrected chi connectivity index (χ3v) is 4.64. The van der Waals surface area contributed by atoms with Gasteiger partial charge in [-0.15, -0.1) is 0 Å². The summed E-state index contributed by atoms with van der Waals surface area (Å²) in [5.41, 5.74) is 4.56. The first-order valence-corrected chi connectivity index (χ1v) is 7.76. The molecule has 1 aliphatic carbocycles. The van der Waals surface area contributed by atoms with E-state index < -0.39 is 0 Å². The van der Waals surface area contributed by atoms with Crippen molar-refractivity contribution in [2.75, 3.05) is 20.8 Å². The molecule has 5 heteroatoms. The van der Waals surface area contributed by atoms with E-state index in [2.05, 4.69) is 17.3 Å². The van der Waals surface area contributed by atoms with Crippen LogP contribution in [0.5, 0.6) is 11.5 Å². The minimum absolute atomic E-state index is 0.433. The Morgan fingerprint density at radius 3 is 2.41 bits per heavy atom. The highest BCUT2D eigenvalue weighted by Gasteiger charge is 2.27. The van der Waals surface area contributed by atoms with E-state index >= 15 is 0 Å². The molecule has 0 unspecified atom stereocenters. The Labute approximate surface area is 130 Å². The van der Waals surface area contributed by atoms with Gasteiger partial charge in [-0.2, -0.15) is 0 Å². The largest absolute Gasteiger partial charge is 0.493 e. The summed E-state index contributed by atoms with van der Waals surface area (Å²) in [4.78, 5) is 4.79. The van der Waals surface area contributed by atoms with Crippen molar-refractivity contribution in [3.05, 3.63) is 23.3 Å². The molecule has 118 valence electrons. The van der Waals surface area contributed by atoms with Crippen LogP contribution in [0.4, 0.5) is 0 Å². The Morgan fingerprint density at radius 2 is 1.77 bits per heavy atom. The molecule has 2 aliphatic rings. The predicted octanol–water partition coefficient (Wildman–Crippen LogP) is 3.07. The van der Waals surface area contributed by atoms with E-state index in [1.807, 2.05) is 0 Å². The van der Waals surface area contributed by atoms with Gasteiger partial charge in [-0.05, 0) is 49.8 Å². The minimum Gasteiger partial charge on any atom is -0.493 e. The van der Waals surface area contributed by atoms with E-state index in [1.54, 1.807) is 14.2 Å². The first-order chi connectivity index (χ1) is 10.8. The summed E-state index contributed by atoms with van der Waals surface area (Å²) in [6.07, 6.45) is 4.62. The van der Waals surface area contributed by atoms with Gasteiger partial charge in [-0.3, -0.25) is 4.99 Å². The molecule has 1 aromatic rings. The molecule has 0 radical (unpaired) electrons. The normalized spacial score (nSPS) is 20.9. The van der Waals surface area contributed by atoms with Crippen molar-refractivity contribution in [1.82, 2.24) is 0 Å². The van der Waals surface area contributed by atoms with Crippen molar-refractivity contribution in [3.63, 3.8) is 0 Å². The van der Waals surface area contributed by atoms with Crippen LogP contribution in [0, 0.1) is 5.92 Å². The van der Waals surface area contributed by atoms with Crippen LogP contribution in [0.15, 0.2) is 22.3 Å². The summed E-state index contributed by atoms with van der Waals surface area (Å²) in [7, 11) is 3.33. The van der Waals surface area contributed by atoms with E-state index in [4.69, 9.17) is 19.7 Å². The second-order valence-electron chi connectivity index (χ2n) is 5.82. The zero-order valence-electron chi connectivity index (χ0n) is 13.1. The van der Waals surface area contributed by atoms with Gasteiger partial charge in [0.05, 0.1) is 19.9 Å².